The van der Waals surface area contributed by atoms with E-state index in [-0.39, 0.29) is 0 Å². The molecule has 1 atom stereocenters. The fourth-order valence-electron chi connectivity index (χ4n) is 1.91. The second-order valence-corrected chi connectivity index (χ2v) is 4.21. The monoisotopic (exact) mass is 220 g/mol. The molecule has 0 heterocycles. The van der Waals surface area contributed by atoms with Crippen molar-refractivity contribution in [3.8, 4) is 0 Å². The highest BCUT2D eigenvalue weighted by Gasteiger charge is 2.07. The van der Waals surface area contributed by atoms with Gasteiger partial charge in [-0.1, -0.05) is 38.5 Å². The molecule has 1 aromatic carbocycles. The predicted octanol–water partition coefficient (Wildman–Crippen LogP) is 3.05. The SMILES string of the molecule is CCCc1ccccc1NC(CC)CNC. The van der Waals surface area contributed by atoms with Crippen LogP contribution in [0.2, 0.25) is 0 Å². The van der Waals surface area contributed by atoms with E-state index in [9.17, 15) is 0 Å². The number of likely N-dealkylation sites (N-methyl/N-ethyl adjacent to an activating group) is 1. The fraction of sp³-hybridized carbons (Fsp3) is 0.571. The normalized spacial score (nSPS) is 12.4. The van der Waals surface area contributed by atoms with Crippen LogP contribution in [-0.4, -0.2) is 19.6 Å². The summed E-state index contributed by atoms with van der Waals surface area (Å²) in [6.45, 7) is 5.45. The summed E-state index contributed by atoms with van der Waals surface area (Å²) in [6.07, 6.45) is 3.49. The molecule has 0 amide bonds. The van der Waals surface area contributed by atoms with E-state index >= 15 is 0 Å². The highest BCUT2D eigenvalue weighted by atomic mass is 15.0. The molecule has 2 heteroatoms. The largest absolute Gasteiger partial charge is 0.381 e. The van der Waals surface area contributed by atoms with Crippen LogP contribution in [0.25, 0.3) is 0 Å². The average molecular weight is 220 g/mol. The van der Waals surface area contributed by atoms with Gasteiger partial charge in [-0.15, -0.1) is 0 Å². The van der Waals surface area contributed by atoms with E-state index in [1.807, 2.05) is 7.05 Å². The summed E-state index contributed by atoms with van der Waals surface area (Å²) in [5.41, 5.74) is 2.73. The Morgan fingerprint density at radius 1 is 1.19 bits per heavy atom. The molecule has 0 aliphatic heterocycles. The van der Waals surface area contributed by atoms with Crippen molar-refractivity contribution in [2.75, 3.05) is 18.9 Å². The molecule has 0 aromatic heterocycles. The van der Waals surface area contributed by atoms with Crippen LogP contribution in [0, 0.1) is 0 Å². The molecule has 1 aromatic rings. The number of anilines is 1. The first-order valence-electron chi connectivity index (χ1n) is 6.30. The van der Waals surface area contributed by atoms with Gasteiger partial charge in [-0.3, -0.25) is 0 Å². The van der Waals surface area contributed by atoms with Gasteiger partial charge in [-0.2, -0.15) is 0 Å². The Morgan fingerprint density at radius 3 is 2.56 bits per heavy atom. The maximum absolute atomic E-state index is 3.62. The molecule has 0 spiro atoms. The van der Waals surface area contributed by atoms with Gasteiger partial charge in [0.15, 0.2) is 0 Å². The molecule has 16 heavy (non-hydrogen) atoms. The molecular weight excluding hydrogens is 196 g/mol. The lowest BCUT2D eigenvalue weighted by molar-refractivity contribution is 0.636. The molecule has 2 N–H and O–H groups in total. The highest BCUT2D eigenvalue weighted by molar-refractivity contribution is 5.51. The van der Waals surface area contributed by atoms with Crippen LogP contribution in [0.5, 0.6) is 0 Å². The first-order chi connectivity index (χ1) is 7.81. The Hall–Kier alpha value is -1.02. The molecule has 2 nitrogen and oxygen atoms in total. The Kier molecular flexibility index (Phi) is 5.94. The van der Waals surface area contributed by atoms with Gasteiger partial charge in [-0.25, -0.2) is 0 Å². The van der Waals surface area contributed by atoms with Crippen LogP contribution in [0.3, 0.4) is 0 Å². The quantitative estimate of drug-likeness (QED) is 0.738. The highest BCUT2D eigenvalue weighted by Crippen LogP contribution is 2.18. The number of benzene rings is 1. The van der Waals surface area contributed by atoms with Crippen LogP contribution in [0.4, 0.5) is 5.69 Å². The zero-order valence-electron chi connectivity index (χ0n) is 10.7. The Morgan fingerprint density at radius 2 is 1.94 bits per heavy atom. The van der Waals surface area contributed by atoms with E-state index in [1.54, 1.807) is 0 Å². The molecule has 90 valence electrons. The van der Waals surface area contributed by atoms with Crippen molar-refractivity contribution in [1.82, 2.24) is 5.32 Å². The van der Waals surface area contributed by atoms with E-state index < -0.39 is 0 Å². The standard InChI is InChI=1S/C14H24N2/c1-4-8-12-9-6-7-10-14(12)16-13(5-2)11-15-3/h6-7,9-10,13,15-16H,4-5,8,11H2,1-3H3. The molecule has 0 aliphatic carbocycles. The van der Waals surface area contributed by atoms with Gasteiger partial charge in [0.2, 0.25) is 0 Å². The number of hydrogen-bond donors (Lipinski definition) is 2. The molecule has 0 aliphatic rings. The maximum atomic E-state index is 3.62. The molecule has 0 saturated heterocycles. The zero-order chi connectivity index (χ0) is 11.8. The van der Waals surface area contributed by atoms with Gasteiger partial charge in [0.1, 0.15) is 0 Å². The molecule has 1 rings (SSSR count). The van der Waals surface area contributed by atoms with Crippen LogP contribution in [0.1, 0.15) is 32.3 Å². The first kappa shape index (κ1) is 13.0. The third kappa shape index (κ3) is 3.86. The molecule has 0 fully saturated rings. The maximum Gasteiger partial charge on any atom is 0.0383 e. The van der Waals surface area contributed by atoms with Crippen molar-refractivity contribution in [2.24, 2.45) is 0 Å². The second-order valence-electron chi connectivity index (χ2n) is 4.21. The molecule has 0 radical (unpaired) electrons. The minimum atomic E-state index is 0.517. The third-order valence-corrected chi connectivity index (χ3v) is 2.84. The van der Waals surface area contributed by atoms with Gasteiger partial charge in [0.05, 0.1) is 0 Å². The minimum Gasteiger partial charge on any atom is -0.381 e. The fourth-order valence-corrected chi connectivity index (χ4v) is 1.91. The third-order valence-electron chi connectivity index (χ3n) is 2.84. The lowest BCUT2D eigenvalue weighted by Crippen LogP contribution is -2.30. The van der Waals surface area contributed by atoms with Crippen LogP contribution < -0.4 is 10.6 Å². The summed E-state index contributed by atoms with van der Waals surface area (Å²) in [7, 11) is 2.00. The summed E-state index contributed by atoms with van der Waals surface area (Å²) in [5.74, 6) is 0. The van der Waals surface area contributed by atoms with Gasteiger partial charge in [0, 0.05) is 18.3 Å². The minimum absolute atomic E-state index is 0.517. The smallest absolute Gasteiger partial charge is 0.0383 e. The zero-order valence-corrected chi connectivity index (χ0v) is 10.7. The van der Waals surface area contributed by atoms with E-state index in [4.69, 9.17) is 0 Å². The van der Waals surface area contributed by atoms with Crippen LogP contribution >= 0.6 is 0 Å². The van der Waals surface area contributed by atoms with E-state index in [1.165, 1.54) is 17.7 Å². The number of aryl methyl sites for hydroxylation is 1. The summed E-state index contributed by atoms with van der Waals surface area (Å²) >= 11 is 0. The Balaban J connectivity index is 2.70. The topological polar surface area (TPSA) is 24.1 Å². The lowest BCUT2D eigenvalue weighted by atomic mass is 10.1. The van der Waals surface area contributed by atoms with Crippen molar-refractivity contribution < 1.29 is 0 Å². The second kappa shape index (κ2) is 7.29. The predicted molar refractivity (Wildman–Crippen MR) is 72.1 cm³/mol. The van der Waals surface area contributed by atoms with E-state index in [0.717, 1.165) is 19.4 Å². The van der Waals surface area contributed by atoms with E-state index in [0.29, 0.717) is 6.04 Å². The van der Waals surface area contributed by atoms with Gasteiger partial charge in [0.25, 0.3) is 0 Å². The van der Waals surface area contributed by atoms with Gasteiger partial charge >= 0.3 is 0 Å². The number of nitrogens with one attached hydrogen (secondary N) is 2. The Labute approximate surface area is 99.5 Å². The molecule has 0 saturated carbocycles. The van der Waals surface area contributed by atoms with Crippen molar-refractivity contribution in [3.05, 3.63) is 29.8 Å². The summed E-state index contributed by atoms with van der Waals surface area (Å²) in [6, 6.07) is 9.15. The lowest BCUT2D eigenvalue weighted by Gasteiger charge is -2.20. The van der Waals surface area contributed by atoms with Crippen molar-refractivity contribution in [3.63, 3.8) is 0 Å². The van der Waals surface area contributed by atoms with Crippen molar-refractivity contribution >= 4 is 5.69 Å². The summed E-state index contributed by atoms with van der Waals surface area (Å²) in [4.78, 5) is 0. The van der Waals surface area contributed by atoms with Crippen molar-refractivity contribution in [2.45, 2.75) is 39.2 Å². The molecular formula is C14H24N2. The average Bonchev–Trinajstić information content (AvgIpc) is 2.31. The van der Waals surface area contributed by atoms with Crippen molar-refractivity contribution in [1.29, 1.82) is 0 Å². The number of para-hydroxylation sites is 1. The molecule has 1 unspecified atom stereocenters. The summed E-state index contributed by atoms with van der Waals surface area (Å²) < 4.78 is 0. The van der Waals surface area contributed by atoms with E-state index in [2.05, 4.69) is 48.7 Å². The van der Waals surface area contributed by atoms with Crippen LogP contribution in [0.15, 0.2) is 24.3 Å². The van der Waals surface area contributed by atoms with Crippen LogP contribution in [-0.2, 0) is 6.42 Å². The summed E-state index contributed by atoms with van der Waals surface area (Å²) in [5, 5.41) is 6.85. The van der Waals surface area contributed by atoms with Gasteiger partial charge < -0.3 is 10.6 Å². The molecule has 0 bridgehead atoms. The van der Waals surface area contributed by atoms with Gasteiger partial charge in [-0.05, 0) is 31.5 Å². The number of rotatable bonds is 7. The Bertz CT molecular complexity index is 297. The number of hydrogen-bond acceptors (Lipinski definition) is 2. The first-order valence-corrected chi connectivity index (χ1v) is 6.30.